The van der Waals surface area contributed by atoms with Crippen LogP contribution in [-0.4, -0.2) is 108 Å². The maximum absolute atomic E-state index is 13.4. The van der Waals surface area contributed by atoms with Gasteiger partial charge >= 0.3 is 12.2 Å². The van der Waals surface area contributed by atoms with Crippen LogP contribution in [0.2, 0.25) is 0 Å². The second-order valence-electron chi connectivity index (χ2n) is 16.9. The van der Waals surface area contributed by atoms with Gasteiger partial charge in [-0.05, 0) is 103 Å². The van der Waals surface area contributed by atoms with Gasteiger partial charge in [0.2, 0.25) is 0 Å². The molecule has 288 valence electrons. The van der Waals surface area contributed by atoms with Gasteiger partial charge in [0.25, 0.3) is 0 Å². The lowest BCUT2D eigenvalue weighted by Crippen LogP contribution is -2.39. The van der Waals surface area contributed by atoms with E-state index >= 15 is 0 Å². The van der Waals surface area contributed by atoms with Gasteiger partial charge in [0.1, 0.15) is 35.2 Å². The maximum atomic E-state index is 13.4. The number of alkyl halides is 2. The minimum atomic E-state index is -0.687. The zero-order valence-corrected chi connectivity index (χ0v) is 32.6. The fourth-order valence-electron chi connectivity index (χ4n) is 7.28. The molecule has 12 heteroatoms. The monoisotopic (exact) mass is 726 g/mol. The van der Waals surface area contributed by atoms with E-state index in [1.165, 1.54) is 11.1 Å². The molecular weight excluding hydrogens is 666 g/mol. The summed E-state index contributed by atoms with van der Waals surface area (Å²) in [6.45, 7) is 20.8. The molecule has 2 aromatic rings. The van der Waals surface area contributed by atoms with Crippen molar-refractivity contribution < 1.29 is 27.8 Å². The Labute approximate surface area is 309 Å². The summed E-state index contributed by atoms with van der Waals surface area (Å²) in [7, 11) is 0. The smallest absolute Gasteiger partial charge is 0.410 e. The van der Waals surface area contributed by atoms with Crippen molar-refractivity contribution in [2.24, 2.45) is 0 Å². The molecule has 10 nitrogen and oxygen atoms in total. The number of pyridine rings is 2. The second-order valence-corrected chi connectivity index (χ2v) is 16.9. The van der Waals surface area contributed by atoms with Crippen LogP contribution in [0, 0.1) is 0 Å². The number of aromatic nitrogens is 2. The minimum Gasteiger partial charge on any atom is -0.444 e. The van der Waals surface area contributed by atoms with E-state index in [9.17, 15) is 18.4 Å². The van der Waals surface area contributed by atoms with Crippen LogP contribution >= 0.6 is 0 Å². The van der Waals surface area contributed by atoms with Crippen molar-refractivity contribution in [3.05, 3.63) is 46.8 Å². The molecule has 0 radical (unpaired) electrons. The van der Waals surface area contributed by atoms with E-state index in [1.54, 1.807) is 9.80 Å². The number of hydrogen-bond donors (Lipinski definition) is 0. The standard InChI is InChI=1S/2C20H30FN3O2/c2*1-14-13-24(19(25)26-20(2,3)4)10-7-15-5-6-17(22-18(14)15)23-11-8-16(21)9-12-23/h2*5-6,14,16H,7-13H2,1-4H3/t2*14-/m10/s1. The van der Waals surface area contributed by atoms with E-state index < -0.39 is 23.5 Å². The molecule has 0 spiro atoms. The Morgan fingerprint density at radius 1 is 0.615 bits per heavy atom. The summed E-state index contributed by atoms with van der Waals surface area (Å²) >= 11 is 0. The van der Waals surface area contributed by atoms with Gasteiger partial charge in [0.15, 0.2) is 0 Å². The first-order chi connectivity index (χ1) is 24.5. The Hall–Kier alpha value is -3.70. The minimum absolute atomic E-state index is 0.138. The van der Waals surface area contributed by atoms with Gasteiger partial charge < -0.3 is 29.1 Å². The molecule has 2 amide bonds. The van der Waals surface area contributed by atoms with Crippen molar-refractivity contribution in [3.63, 3.8) is 0 Å². The number of nitrogens with zero attached hydrogens (tertiary/aromatic N) is 6. The molecule has 4 aliphatic rings. The summed E-state index contributed by atoms with van der Waals surface area (Å²) in [6, 6.07) is 8.31. The molecule has 0 N–H and O–H groups in total. The zero-order chi connectivity index (χ0) is 37.8. The van der Waals surface area contributed by atoms with Gasteiger partial charge in [-0.3, -0.25) is 0 Å². The Morgan fingerprint density at radius 2 is 0.962 bits per heavy atom. The predicted molar refractivity (Wildman–Crippen MR) is 201 cm³/mol. The van der Waals surface area contributed by atoms with E-state index in [-0.39, 0.29) is 24.0 Å². The van der Waals surface area contributed by atoms with Crippen molar-refractivity contribution in [1.82, 2.24) is 19.8 Å². The molecule has 2 aromatic heterocycles. The van der Waals surface area contributed by atoms with Crippen LogP contribution in [0.1, 0.15) is 115 Å². The molecule has 2 fully saturated rings. The van der Waals surface area contributed by atoms with Crippen LogP contribution in [0.5, 0.6) is 0 Å². The number of amides is 2. The average molecular weight is 727 g/mol. The summed E-state index contributed by atoms with van der Waals surface area (Å²) in [5, 5.41) is 0. The fraction of sp³-hybridized carbons (Fsp3) is 0.700. The highest BCUT2D eigenvalue weighted by atomic mass is 19.1. The number of carbonyl (C=O) groups is 2. The van der Waals surface area contributed by atoms with Crippen LogP contribution in [0.25, 0.3) is 0 Å². The topological polar surface area (TPSA) is 91.3 Å². The van der Waals surface area contributed by atoms with Crippen LogP contribution in [0.15, 0.2) is 24.3 Å². The number of piperidine rings is 2. The average Bonchev–Trinajstić information content (AvgIpc) is 3.35. The van der Waals surface area contributed by atoms with Gasteiger partial charge in [0, 0.05) is 64.2 Å². The molecule has 4 aliphatic heterocycles. The molecule has 52 heavy (non-hydrogen) atoms. The highest BCUT2D eigenvalue weighted by Gasteiger charge is 2.31. The zero-order valence-electron chi connectivity index (χ0n) is 32.6. The molecule has 0 saturated carbocycles. The van der Waals surface area contributed by atoms with Gasteiger partial charge in [-0.2, -0.15) is 0 Å². The van der Waals surface area contributed by atoms with Crippen molar-refractivity contribution in [1.29, 1.82) is 0 Å². The third kappa shape index (κ3) is 10.7. The Morgan fingerprint density at radius 3 is 1.29 bits per heavy atom. The largest absolute Gasteiger partial charge is 0.444 e. The van der Waals surface area contributed by atoms with Crippen LogP contribution < -0.4 is 9.80 Å². The summed E-state index contributed by atoms with van der Waals surface area (Å²) in [4.78, 5) is 42.6. The number of rotatable bonds is 2. The number of carbonyl (C=O) groups excluding carboxylic acids is 2. The number of halogens is 2. The summed E-state index contributed by atoms with van der Waals surface area (Å²) < 4.78 is 37.9. The molecule has 6 rings (SSSR count). The van der Waals surface area contributed by atoms with E-state index in [0.29, 0.717) is 78.0 Å². The summed E-state index contributed by atoms with van der Waals surface area (Å²) in [6.07, 6.45) is 1.94. The first-order valence-electron chi connectivity index (χ1n) is 19.2. The molecule has 2 saturated heterocycles. The number of hydrogen-bond acceptors (Lipinski definition) is 8. The van der Waals surface area contributed by atoms with E-state index in [1.807, 2.05) is 53.7 Å². The van der Waals surface area contributed by atoms with Crippen LogP contribution in [0.3, 0.4) is 0 Å². The van der Waals surface area contributed by atoms with Gasteiger partial charge in [-0.15, -0.1) is 0 Å². The molecule has 0 unspecified atom stereocenters. The van der Waals surface area contributed by atoms with E-state index in [2.05, 4.69) is 35.8 Å². The Balaban J connectivity index is 0.000000201. The van der Waals surface area contributed by atoms with Crippen LogP contribution in [0.4, 0.5) is 30.0 Å². The SMILES string of the molecule is C[C@@H]1CN(C(=O)OC(C)(C)C)CCc2ccc(N3CCC(F)CC3)nc21.C[C@H]1CN(C(=O)OC(C)(C)C)CCc2ccc(N3CCC(F)CC3)nc21. The molecule has 0 aliphatic carbocycles. The van der Waals surface area contributed by atoms with Gasteiger partial charge in [0.05, 0.1) is 11.4 Å². The Kier molecular flexibility index (Phi) is 12.6. The lowest BCUT2D eigenvalue weighted by atomic mass is 10.0. The maximum Gasteiger partial charge on any atom is 0.410 e. The third-order valence-electron chi connectivity index (χ3n) is 10.0. The summed E-state index contributed by atoms with van der Waals surface area (Å²) in [5.74, 6) is 2.12. The first kappa shape index (κ1) is 39.5. The molecule has 0 bridgehead atoms. The first-order valence-corrected chi connectivity index (χ1v) is 19.2. The van der Waals surface area contributed by atoms with Crippen LogP contribution in [-0.2, 0) is 22.3 Å². The lowest BCUT2D eigenvalue weighted by molar-refractivity contribution is 0.0237. The second kappa shape index (κ2) is 16.5. The third-order valence-corrected chi connectivity index (χ3v) is 10.0. The molecule has 6 heterocycles. The summed E-state index contributed by atoms with van der Waals surface area (Å²) in [5.41, 5.74) is 3.49. The van der Waals surface area contributed by atoms with Crippen molar-refractivity contribution in [3.8, 4) is 0 Å². The van der Waals surface area contributed by atoms with Gasteiger partial charge in [-0.1, -0.05) is 26.0 Å². The fourth-order valence-corrected chi connectivity index (χ4v) is 7.28. The van der Waals surface area contributed by atoms with Crippen molar-refractivity contribution in [2.45, 2.75) is 129 Å². The molecular formula is C40H60F2N6O4. The number of ether oxygens (including phenoxy) is 2. The normalized spacial score (nSPS) is 22.0. The number of anilines is 2. The van der Waals surface area contributed by atoms with E-state index in [4.69, 9.17) is 19.4 Å². The van der Waals surface area contributed by atoms with E-state index in [0.717, 1.165) is 35.9 Å². The highest BCUT2D eigenvalue weighted by Crippen LogP contribution is 2.30. The lowest BCUT2D eigenvalue weighted by Gasteiger charge is -2.30. The number of fused-ring (bicyclic) bond motifs is 2. The highest BCUT2D eigenvalue weighted by molar-refractivity contribution is 5.69. The quantitative estimate of drug-likeness (QED) is 0.310. The van der Waals surface area contributed by atoms with Gasteiger partial charge in [-0.25, -0.2) is 28.3 Å². The Bertz CT molecular complexity index is 1420. The molecule has 0 aromatic carbocycles. The van der Waals surface area contributed by atoms with Crippen molar-refractivity contribution in [2.75, 3.05) is 62.2 Å². The predicted octanol–water partition coefficient (Wildman–Crippen LogP) is 7.83. The van der Waals surface area contributed by atoms with Crippen molar-refractivity contribution >= 4 is 23.8 Å². The molecule has 2 atom stereocenters.